The molecular formula is C19H20N2O4. The summed E-state index contributed by atoms with van der Waals surface area (Å²) in [5.41, 5.74) is 2.13. The van der Waals surface area contributed by atoms with Gasteiger partial charge in [-0.25, -0.2) is 4.79 Å². The third-order valence-corrected chi connectivity index (χ3v) is 4.09. The number of para-hydroxylation sites is 2. The first-order valence-electron chi connectivity index (χ1n) is 8.22. The first-order chi connectivity index (χ1) is 12.2. The summed E-state index contributed by atoms with van der Waals surface area (Å²) < 4.78 is 6.62. The third kappa shape index (κ3) is 3.97. The Hall–Kier alpha value is -2.86. The molecular weight excluding hydrogens is 320 g/mol. The number of aromatic nitrogens is 1. The number of nitrogens with zero attached hydrogens (tertiary/aromatic N) is 1. The van der Waals surface area contributed by atoms with Crippen LogP contribution in [0.3, 0.4) is 0 Å². The van der Waals surface area contributed by atoms with Gasteiger partial charge in [-0.3, -0.25) is 9.36 Å². The Kier molecular flexibility index (Phi) is 5.30. The third-order valence-electron chi connectivity index (χ3n) is 4.09. The van der Waals surface area contributed by atoms with Crippen LogP contribution < -0.4 is 11.1 Å². The van der Waals surface area contributed by atoms with Crippen molar-refractivity contribution in [3.8, 4) is 0 Å². The molecule has 3 aromatic rings. The van der Waals surface area contributed by atoms with E-state index in [1.165, 1.54) is 4.57 Å². The predicted molar refractivity (Wildman–Crippen MR) is 94.1 cm³/mol. The summed E-state index contributed by atoms with van der Waals surface area (Å²) >= 11 is 0. The number of benzene rings is 2. The Morgan fingerprint density at radius 3 is 2.60 bits per heavy atom. The summed E-state index contributed by atoms with van der Waals surface area (Å²) in [6.45, 7) is 0.216. The van der Waals surface area contributed by atoms with Gasteiger partial charge in [0.25, 0.3) is 0 Å². The Bertz CT molecular complexity index is 898. The zero-order valence-electron chi connectivity index (χ0n) is 13.7. The van der Waals surface area contributed by atoms with Crippen molar-refractivity contribution in [2.75, 3.05) is 6.61 Å². The molecule has 1 atom stereocenters. The van der Waals surface area contributed by atoms with Crippen molar-refractivity contribution in [1.82, 2.24) is 9.88 Å². The summed E-state index contributed by atoms with van der Waals surface area (Å²) in [7, 11) is 0. The number of hydrogen-bond acceptors (Lipinski definition) is 4. The SMILES string of the molecule is O=C(CCn1c(=O)oc2ccccc21)NC(CCO)c1ccccc1. The van der Waals surface area contributed by atoms with Crippen molar-refractivity contribution in [1.29, 1.82) is 0 Å². The quantitative estimate of drug-likeness (QED) is 0.691. The molecule has 6 nitrogen and oxygen atoms in total. The second-order valence-corrected chi connectivity index (χ2v) is 5.78. The highest BCUT2D eigenvalue weighted by molar-refractivity contribution is 5.77. The molecule has 25 heavy (non-hydrogen) atoms. The van der Waals surface area contributed by atoms with Crippen molar-refractivity contribution in [3.63, 3.8) is 0 Å². The number of amides is 1. The van der Waals surface area contributed by atoms with Crippen molar-refractivity contribution >= 4 is 17.0 Å². The number of nitrogens with one attached hydrogen (secondary N) is 1. The fraction of sp³-hybridized carbons (Fsp3) is 0.263. The molecule has 0 aliphatic carbocycles. The van der Waals surface area contributed by atoms with E-state index in [4.69, 9.17) is 4.42 Å². The van der Waals surface area contributed by atoms with Crippen LogP contribution in [0.4, 0.5) is 0 Å². The maximum absolute atomic E-state index is 12.3. The standard InChI is InChI=1S/C19H20N2O4/c22-13-11-15(14-6-2-1-3-7-14)20-18(23)10-12-21-16-8-4-5-9-17(16)25-19(21)24/h1-9,15,22H,10-13H2,(H,20,23). The molecule has 0 spiro atoms. The van der Waals surface area contributed by atoms with Crippen molar-refractivity contribution < 1.29 is 14.3 Å². The summed E-state index contributed by atoms with van der Waals surface area (Å²) in [5.74, 6) is -0.650. The number of oxazole rings is 1. The minimum absolute atomic E-state index is 0.0222. The van der Waals surface area contributed by atoms with E-state index in [-0.39, 0.29) is 31.5 Å². The fourth-order valence-corrected chi connectivity index (χ4v) is 2.84. The molecule has 1 heterocycles. The van der Waals surface area contributed by atoms with E-state index in [9.17, 15) is 14.7 Å². The number of hydrogen-bond donors (Lipinski definition) is 2. The first kappa shape index (κ1) is 17.0. The van der Waals surface area contributed by atoms with Crippen LogP contribution in [0.25, 0.3) is 11.1 Å². The topological polar surface area (TPSA) is 84.5 Å². The van der Waals surface area contributed by atoms with E-state index in [1.807, 2.05) is 36.4 Å². The molecule has 0 aliphatic heterocycles. The molecule has 2 N–H and O–H groups in total. The van der Waals surface area contributed by atoms with Gasteiger partial charge in [-0.2, -0.15) is 0 Å². The molecule has 1 unspecified atom stereocenters. The molecule has 2 aromatic carbocycles. The lowest BCUT2D eigenvalue weighted by Gasteiger charge is -2.18. The Morgan fingerprint density at radius 1 is 1.12 bits per heavy atom. The van der Waals surface area contributed by atoms with E-state index in [2.05, 4.69) is 5.32 Å². The van der Waals surface area contributed by atoms with Gasteiger partial charge in [0.2, 0.25) is 5.91 Å². The maximum Gasteiger partial charge on any atom is 0.419 e. The van der Waals surface area contributed by atoms with E-state index in [0.29, 0.717) is 17.5 Å². The summed E-state index contributed by atoms with van der Waals surface area (Å²) in [5, 5.41) is 12.2. The molecule has 1 amide bonds. The van der Waals surface area contributed by atoms with Gasteiger partial charge in [-0.1, -0.05) is 42.5 Å². The number of fused-ring (bicyclic) bond motifs is 1. The largest absolute Gasteiger partial charge is 0.419 e. The first-order valence-corrected chi connectivity index (χ1v) is 8.22. The van der Waals surface area contributed by atoms with Crippen molar-refractivity contribution in [2.24, 2.45) is 0 Å². The van der Waals surface area contributed by atoms with Crippen LogP contribution in [-0.2, 0) is 11.3 Å². The molecule has 0 aliphatic rings. The van der Waals surface area contributed by atoms with Crippen LogP contribution in [0.1, 0.15) is 24.4 Å². The number of aliphatic hydroxyl groups excluding tert-OH is 1. The van der Waals surface area contributed by atoms with Crippen LogP contribution >= 0.6 is 0 Å². The highest BCUT2D eigenvalue weighted by Crippen LogP contribution is 2.16. The van der Waals surface area contributed by atoms with E-state index < -0.39 is 5.76 Å². The molecule has 130 valence electrons. The number of aliphatic hydroxyl groups is 1. The fourth-order valence-electron chi connectivity index (χ4n) is 2.84. The van der Waals surface area contributed by atoms with E-state index in [0.717, 1.165) is 5.56 Å². The van der Waals surface area contributed by atoms with Gasteiger partial charge in [-0.05, 0) is 24.1 Å². The summed E-state index contributed by atoms with van der Waals surface area (Å²) in [4.78, 5) is 24.2. The van der Waals surface area contributed by atoms with E-state index >= 15 is 0 Å². The second-order valence-electron chi connectivity index (χ2n) is 5.78. The number of carbonyl (C=O) groups excluding carboxylic acids is 1. The van der Waals surface area contributed by atoms with Gasteiger partial charge in [0.1, 0.15) is 0 Å². The number of aryl methyl sites for hydroxylation is 1. The zero-order chi connectivity index (χ0) is 17.6. The maximum atomic E-state index is 12.3. The molecule has 0 saturated carbocycles. The van der Waals surface area contributed by atoms with Crippen LogP contribution in [0.2, 0.25) is 0 Å². The Morgan fingerprint density at radius 2 is 1.84 bits per heavy atom. The minimum atomic E-state index is -0.469. The van der Waals surface area contributed by atoms with Gasteiger partial charge in [0, 0.05) is 19.6 Å². The zero-order valence-corrected chi connectivity index (χ0v) is 13.7. The van der Waals surface area contributed by atoms with Gasteiger partial charge < -0.3 is 14.8 Å². The average molecular weight is 340 g/mol. The van der Waals surface area contributed by atoms with Gasteiger partial charge in [-0.15, -0.1) is 0 Å². The molecule has 6 heteroatoms. The number of carbonyl (C=O) groups is 1. The van der Waals surface area contributed by atoms with Crippen LogP contribution in [0, 0.1) is 0 Å². The van der Waals surface area contributed by atoms with E-state index in [1.54, 1.807) is 18.2 Å². The Labute approximate surface area is 144 Å². The molecule has 1 aromatic heterocycles. The summed E-state index contributed by atoms with van der Waals surface area (Å²) in [6, 6.07) is 16.4. The van der Waals surface area contributed by atoms with Crippen LogP contribution in [0.5, 0.6) is 0 Å². The van der Waals surface area contributed by atoms with Gasteiger partial charge in [0.15, 0.2) is 5.58 Å². The van der Waals surface area contributed by atoms with Crippen molar-refractivity contribution in [3.05, 3.63) is 70.7 Å². The Balaban J connectivity index is 1.67. The van der Waals surface area contributed by atoms with Crippen LogP contribution in [-0.4, -0.2) is 22.2 Å². The van der Waals surface area contributed by atoms with Crippen molar-refractivity contribution in [2.45, 2.75) is 25.4 Å². The molecule has 0 saturated heterocycles. The smallest absolute Gasteiger partial charge is 0.408 e. The minimum Gasteiger partial charge on any atom is -0.408 e. The highest BCUT2D eigenvalue weighted by Gasteiger charge is 2.15. The lowest BCUT2D eigenvalue weighted by atomic mass is 10.0. The molecule has 0 bridgehead atoms. The average Bonchev–Trinajstić information content (AvgIpc) is 2.95. The monoisotopic (exact) mass is 340 g/mol. The molecule has 0 fully saturated rings. The molecule has 0 radical (unpaired) electrons. The van der Waals surface area contributed by atoms with Gasteiger partial charge in [0.05, 0.1) is 11.6 Å². The van der Waals surface area contributed by atoms with Gasteiger partial charge >= 0.3 is 5.76 Å². The summed E-state index contributed by atoms with van der Waals surface area (Å²) in [6.07, 6.45) is 0.586. The predicted octanol–water partition coefficient (Wildman–Crippen LogP) is 2.22. The second kappa shape index (κ2) is 7.81. The number of rotatable bonds is 7. The highest BCUT2D eigenvalue weighted by atomic mass is 16.4. The molecule has 3 rings (SSSR count). The lowest BCUT2D eigenvalue weighted by molar-refractivity contribution is -0.122. The normalized spacial score (nSPS) is 12.2. The lowest BCUT2D eigenvalue weighted by Crippen LogP contribution is -2.30. The van der Waals surface area contributed by atoms with Crippen LogP contribution in [0.15, 0.2) is 63.8 Å².